The number of nitrogens with zero attached hydrogens (tertiary/aromatic N) is 2. The Hall–Kier alpha value is -2.50. The van der Waals surface area contributed by atoms with Crippen LogP contribution in [0.2, 0.25) is 0 Å². The average Bonchev–Trinajstić information content (AvgIpc) is 3.11. The highest BCUT2D eigenvalue weighted by Gasteiger charge is 2.03. The number of thiazole rings is 1. The number of aromatic nitrogens is 1. The molecule has 0 unspecified atom stereocenters. The molecule has 1 aromatic heterocycles. The van der Waals surface area contributed by atoms with Crippen molar-refractivity contribution in [2.75, 3.05) is 5.43 Å². The van der Waals surface area contributed by atoms with Crippen molar-refractivity contribution in [3.63, 3.8) is 0 Å². The minimum Gasteiger partial charge on any atom is -0.253 e. The zero-order chi connectivity index (χ0) is 17.1. The van der Waals surface area contributed by atoms with Crippen LogP contribution in [-0.4, -0.2) is 11.2 Å². The molecule has 25 heavy (non-hydrogen) atoms. The molecular weight excluding hydrogens is 394 g/mol. The van der Waals surface area contributed by atoms with Crippen molar-refractivity contribution < 1.29 is 0 Å². The van der Waals surface area contributed by atoms with Crippen LogP contribution in [0.25, 0.3) is 22.0 Å². The van der Waals surface area contributed by atoms with Gasteiger partial charge in [0.15, 0.2) is 0 Å². The number of fused-ring (bicyclic) bond motifs is 1. The van der Waals surface area contributed by atoms with Gasteiger partial charge in [0.25, 0.3) is 0 Å². The van der Waals surface area contributed by atoms with Gasteiger partial charge in [-0.1, -0.05) is 64.5 Å². The third kappa shape index (κ3) is 3.78. The van der Waals surface area contributed by atoms with E-state index >= 15 is 0 Å². The standard InChI is InChI=1S/C20H14BrN3S/c21-18-9-7-16(8-10-18)19-13-25-20(23-19)24-22-12-14-5-6-15-3-1-2-4-17(15)11-14/h1-13H,(H,23,24)/b22-12+. The fourth-order valence-electron chi connectivity index (χ4n) is 2.53. The molecule has 4 rings (SSSR count). The smallest absolute Gasteiger partial charge is 0.203 e. The van der Waals surface area contributed by atoms with Crippen molar-refractivity contribution >= 4 is 49.4 Å². The molecule has 0 amide bonds. The third-order valence-corrected chi connectivity index (χ3v) is 5.07. The van der Waals surface area contributed by atoms with Gasteiger partial charge in [-0.15, -0.1) is 11.3 Å². The zero-order valence-corrected chi connectivity index (χ0v) is 15.6. The van der Waals surface area contributed by atoms with E-state index in [2.05, 4.69) is 61.8 Å². The first-order valence-corrected chi connectivity index (χ1v) is 9.44. The molecular formula is C20H14BrN3S. The van der Waals surface area contributed by atoms with E-state index in [1.807, 2.05) is 48.0 Å². The number of hydrazone groups is 1. The van der Waals surface area contributed by atoms with Crippen LogP contribution in [0.3, 0.4) is 0 Å². The SMILES string of the molecule is Brc1ccc(-c2csc(N/N=C/c3ccc4ccccc4c3)n2)cc1. The highest BCUT2D eigenvalue weighted by molar-refractivity contribution is 9.10. The number of hydrogen-bond acceptors (Lipinski definition) is 4. The van der Waals surface area contributed by atoms with Crippen molar-refractivity contribution in [3.8, 4) is 11.3 Å². The molecule has 0 saturated carbocycles. The van der Waals surface area contributed by atoms with Gasteiger partial charge in [0, 0.05) is 15.4 Å². The molecule has 0 saturated heterocycles. The molecule has 0 radical (unpaired) electrons. The molecule has 3 nitrogen and oxygen atoms in total. The van der Waals surface area contributed by atoms with Gasteiger partial charge in [0.2, 0.25) is 5.13 Å². The molecule has 0 fully saturated rings. The summed E-state index contributed by atoms with van der Waals surface area (Å²) in [6, 6.07) is 22.7. The summed E-state index contributed by atoms with van der Waals surface area (Å²) in [5, 5.41) is 9.54. The van der Waals surface area contributed by atoms with Gasteiger partial charge in [0.05, 0.1) is 11.9 Å². The minimum atomic E-state index is 0.773. The fraction of sp³-hybridized carbons (Fsp3) is 0. The second kappa shape index (κ2) is 7.17. The van der Waals surface area contributed by atoms with E-state index in [9.17, 15) is 0 Å². The van der Waals surface area contributed by atoms with Gasteiger partial charge in [-0.05, 0) is 34.5 Å². The van der Waals surface area contributed by atoms with E-state index in [0.29, 0.717) is 0 Å². The Bertz CT molecular complexity index is 1040. The molecule has 4 aromatic rings. The third-order valence-electron chi connectivity index (χ3n) is 3.79. The number of benzene rings is 3. The van der Waals surface area contributed by atoms with Crippen LogP contribution >= 0.6 is 27.3 Å². The maximum atomic E-state index is 4.57. The van der Waals surface area contributed by atoms with Gasteiger partial charge >= 0.3 is 0 Å². The monoisotopic (exact) mass is 407 g/mol. The molecule has 0 bridgehead atoms. The van der Waals surface area contributed by atoms with Crippen LogP contribution in [0.15, 0.2) is 81.7 Å². The van der Waals surface area contributed by atoms with Gasteiger partial charge in [0.1, 0.15) is 0 Å². The van der Waals surface area contributed by atoms with Gasteiger partial charge in [-0.3, -0.25) is 5.43 Å². The molecule has 5 heteroatoms. The molecule has 1 heterocycles. The second-order valence-corrected chi connectivity index (χ2v) is 7.30. The lowest BCUT2D eigenvalue weighted by atomic mass is 10.1. The topological polar surface area (TPSA) is 37.3 Å². The highest BCUT2D eigenvalue weighted by atomic mass is 79.9. The van der Waals surface area contributed by atoms with Crippen LogP contribution < -0.4 is 5.43 Å². The van der Waals surface area contributed by atoms with Crippen LogP contribution in [0.1, 0.15) is 5.56 Å². The summed E-state index contributed by atoms with van der Waals surface area (Å²) in [5.74, 6) is 0. The number of hydrogen-bond donors (Lipinski definition) is 1. The summed E-state index contributed by atoms with van der Waals surface area (Å²) in [6.07, 6.45) is 1.81. The Balaban J connectivity index is 1.47. The first-order chi connectivity index (χ1) is 12.3. The lowest BCUT2D eigenvalue weighted by Gasteiger charge is -1.99. The van der Waals surface area contributed by atoms with E-state index < -0.39 is 0 Å². The van der Waals surface area contributed by atoms with Crippen molar-refractivity contribution in [3.05, 3.63) is 82.1 Å². The largest absolute Gasteiger partial charge is 0.253 e. The maximum absolute atomic E-state index is 4.57. The molecule has 3 aromatic carbocycles. The van der Waals surface area contributed by atoms with E-state index in [0.717, 1.165) is 26.4 Å². The summed E-state index contributed by atoms with van der Waals surface area (Å²) in [4.78, 5) is 4.57. The van der Waals surface area contributed by atoms with Crippen LogP contribution in [0.4, 0.5) is 5.13 Å². The predicted molar refractivity (Wildman–Crippen MR) is 110 cm³/mol. The molecule has 0 aliphatic heterocycles. The summed E-state index contributed by atoms with van der Waals surface area (Å²) in [7, 11) is 0. The lowest BCUT2D eigenvalue weighted by Crippen LogP contribution is -1.90. The molecule has 0 atom stereocenters. The summed E-state index contributed by atoms with van der Waals surface area (Å²) < 4.78 is 1.06. The summed E-state index contributed by atoms with van der Waals surface area (Å²) >= 11 is 4.98. The molecule has 1 N–H and O–H groups in total. The Morgan fingerprint density at radius 1 is 0.960 bits per heavy atom. The second-order valence-electron chi connectivity index (χ2n) is 5.52. The number of halogens is 1. The van der Waals surface area contributed by atoms with Gasteiger partial charge in [-0.25, -0.2) is 4.98 Å². The Morgan fingerprint density at radius 3 is 2.60 bits per heavy atom. The molecule has 0 aliphatic carbocycles. The fourth-order valence-corrected chi connectivity index (χ4v) is 3.46. The average molecular weight is 408 g/mol. The van der Waals surface area contributed by atoms with E-state index in [1.54, 1.807) is 0 Å². The van der Waals surface area contributed by atoms with Crippen LogP contribution in [0.5, 0.6) is 0 Å². The Labute approximate surface area is 158 Å². The molecule has 0 spiro atoms. The maximum Gasteiger partial charge on any atom is 0.203 e. The lowest BCUT2D eigenvalue weighted by molar-refractivity contribution is 1.29. The molecule has 0 aliphatic rings. The van der Waals surface area contributed by atoms with Crippen LogP contribution in [-0.2, 0) is 0 Å². The normalized spacial score (nSPS) is 11.2. The minimum absolute atomic E-state index is 0.773. The first kappa shape index (κ1) is 16.0. The Kier molecular flexibility index (Phi) is 4.59. The van der Waals surface area contributed by atoms with Crippen LogP contribution in [0, 0.1) is 0 Å². The van der Waals surface area contributed by atoms with E-state index in [-0.39, 0.29) is 0 Å². The van der Waals surface area contributed by atoms with Gasteiger partial charge < -0.3 is 0 Å². The van der Waals surface area contributed by atoms with E-state index in [4.69, 9.17) is 0 Å². The predicted octanol–water partition coefficient (Wildman–Crippen LogP) is 6.17. The highest BCUT2D eigenvalue weighted by Crippen LogP contribution is 2.26. The van der Waals surface area contributed by atoms with Crippen molar-refractivity contribution in [2.45, 2.75) is 0 Å². The Morgan fingerprint density at radius 2 is 1.76 bits per heavy atom. The number of anilines is 1. The van der Waals surface area contributed by atoms with Crippen molar-refractivity contribution in [1.29, 1.82) is 0 Å². The number of nitrogens with one attached hydrogen (secondary N) is 1. The van der Waals surface area contributed by atoms with Crippen molar-refractivity contribution in [2.24, 2.45) is 5.10 Å². The van der Waals surface area contributed by atoms with Gasteiger partial charge in [-0.2, -0.15) is 5.10 Å². The first-order valence-electron chi connectivity index (χ1n) is 7.77. The van der Waals surface area contributed by atoms with E-state index in [1.165, 1.54) is 22.1 Å². The zero-order valence-electron chi connectivity index (χ0n) is 13.2. The molecule has 122 valence electrons. The summed E-state index contributed by atoms with van der Waals surface area (Å²) in [6.45, 7) is 0. The van der Waals surface area contributed by atoms with Crippen molar-refractivity contribution in [1.82, 2.24) is 4.98 Å². The number of rotatable bonds is 4. The quantitative estimate of drug-likeness (QED) is 0.324. The summed E-state index contributed by atoms with van der Waals surface area (Å²) in [5.41, 5.74) is 6.10.